The third kappa shape index (κ3) is 2.94. The molecule has 1 aromatic rings. The monoisotopic (exact) mass is 265 g/mol. The molecular weight excluding hydrogens is 242 g/mol. The Morgan fingerprint density at radius 2 is 2.00 bits per heavy atom. The SMILES string of the molecule is C[C@@H](NC(=O)c1cc2c(s1)CCCC2)C(C)(C)C. The number of nitrogens with one attached hydrogen (secondary N) is 1. The fraction of sp³-hybridized carbons (Fsp3) is 0.667. The number of thiophene rings is 1. The molecule has 18 heavy (non-hydrogen) atoms. The van der Waals surface area contributed by atoms with Crippen LogP contribution in [0.1, 0.15) is 60.6 Å². The number of hydrogen-bond donors (Lipinski definition) is 1. The zero-order valence-corrected chi connectivity index (χ0v) is 12.6. The molecule has 0 bridgehead atoms. The minimum atomic E-state index is 0.0943. The van der Waals surface area contributed by atoms with Crippen LogP contribution in [0.25, 0.3) is 0 Å². The highest BCUT2D eigenvalue weighted by Crippen LogP contribution is 2.30. The lowest BCUT2D eigenvalue weighted by Gasteiger charge is -2.27. The van der Waals surface area contributed by atoms with Crippen LogP contribution in [-0.2, 0) is 12.8 Å². The van der Waals surface area contributed by atoms with Crippen molar-refractivity contribution in [2.24, 2.45) is 5.41 Å². The van der Waals surface area contributed by atoms with E-state index in [1.54, 1.807) is 11.3 Å². The highest BCUT2D eigenvalue weighted by atomic mass is 32.1. The summed E-state index contributed by atoms with van der Waals surface area (Å²) in [5, 5.41) is 3.12. The summed E-state index contributed by atoms with van der Waals surface area (Å²) in [5.41, 5.74) is 1.51. The van der Waals surface area contributed by atoms with Crippen LogP contribution in [0.2, 0.25) is 0 Å². The van der Waals surface area contributed by atoms with Gasteiger partial charge in [-0.3, -0.25) is 4.79 Å². The van der Waals surface area contributed by atoms with Crippen LogP contribution < -0.4 is 5.32 Å². The van der Waals surface area contributed by atoms with Gasteiger partial charge in [0.2, 0.25) is 0 Å². The molecule has 0 unspecified atom stereocenters. The molecule has 100 valence electrons. The summed E-state index contributed by atoms with van der Waals surface area (Å²) < 4.78 is 0. The van der Waals surface area contributed by atoms with Crippen LogP contribution in [0, 0.1) is 5.41 Å². The lowest BCUT2D eigenvalue weighted by molar-refractivity contribution is 0.0914. The molecule has 1 aromatic heterocycles. The Kier molecular flexibility index (Phi) is 3.81. The van der Waals surface area contributed by atoms with Crippen molar-refractivity contribution < 1.29 is 4.79 Å². The van der Waals surface area contributed by atoms with E-state index in [4.69, 9.17) is 0 Å². The maximum atomic E-state index is 12.2. The van der Waals surface area contributed by atoms with Crippen molar-refractivity contribution >= 4 is 17.2 Å². The van der Waals surface area contributed by atoms with Crippen molar-refractivity contribution in [3.8, 4) is 0 Å². The van der Waals surface area contributed by atoms with Crippen LogP contribution in [0.5, 0.6) is 0 Å². The topological polar surface area (TPSA) is 29.1 Å². The van der Waals surface area contributed by atoms with Crippen molar-refractivity contribution in [3.63, 3.8) is 0 Å². The molecule has 2 rings (SSSR count). The van der Waals surface area contributed by atoms with Gasteiger partial charge in [-0.1, -0.05) is 20.8 Å². The maximum absolute atomic E-state index is 12.2. The number of fused-ring (bicyclic) bond motifs is 1. The van der Waals surface area contributed by atoms with Gasteiger partial charge in [-0.05, 0) is 49.7 Å². The van der Waals surface area contributed by atoms with Gasteiger partial charge >= 0.3 is 0 Å². The number of hydrogen-bond acceptors (Lipinski definition) is 2. The lowest BCUT2D eigenvalue weighted by atomic mass is 9.88. The summed E-state index contributed by atoms with van der Waals surface area (Å²) in [7, 11) is 0. The van der Waals surface area contributed by atoms with Gasteiger partial charge < -0.3 is 5.32 Å². The smallest absolute Gasteiger partial charge is 0.261 e. The molecule has 0 saturated heterocycles. The van der Waals surface area contributed by atoms with Gasteiger partial charge in [-0.25, -0.2) is 0 Å². The first-order chi connectivity index (χ1) is 8.38. The molecule has 0 aromatic carbocycles. The van der Waals surface area contributed by atoms with Crippen molar-refractivity contribution in [3.05, 3.63) is 21.4 Å². The van der Waals surface area contributed by atoms with E-state index >= 15 is 0 Å². The minimum absolute atomic E-state index is 0.0943. The fourth-order valence-electron chi connectivity index (χ4n) is 2.09. The quantitative estimate of drug-likeness (QED) is 0.866. The number of carbonyl (C=O) groups is 1. The van der Waals surface area contributed by atoms with Crippen LogP contribution >= 0.6 is 11.3 Å². The summed E-state index contributed by atoms with van der Waals surface area (Å²) in [4.78, 5) is 14.5. The first-order valence-electron chi connectivity index (χ1n) is 6.80. The summed E-state index contributed by atoms with van der Waals surface area (Å²) in [6, 6.07) is 2.29. The van der Waals surface area contributed by atoms with Gasteiger partial charge in [0.25, 0.3) is 5.91 Å². The maximum Gasteiger partial charge on any atom is 0.261 e. The lowest BCUT2D eigenvalue weighted by Crippen LogP contribution is -2.41. The normalized spacial score (nSPS) is 17.1. The molecule has 2 nitrogen and oxygen atoms in total. The van der Waals surface area contributed by atoms with E-state index in [9.17, 15) is 4.79 Å². The molecule has 1 heterocycles. The van der Waals surface area contributed by atoms with E-state index in [1.807, 2.05) is 0 Å². The van der Waals surface area contributed by atoms with Crippen molar-refractivity contribution in [2.45, 2.75) is 59.4 Å². The predicted octanol–water partition coefficient (Wildman–Crippen LogP) is 3.79. The van der Waals surface area contributed by atoms with E-state index in [1.165, 1.54) is 23.3 Å². The Labute approximate surface area is 114 Å². The van der Waals surface area contributed by atoms with Crippen molar-refractivity contribution in [1.82, 2.24) is 5.32 Å². The Hall–Kier alpha value is -0.830. The second-order valence-corrected chi connectivity index (χ2v) is 7.46. The molecule has 0 radical (unpaired) electrons. The highest BCUT2D eigenvalue weighted by molar-refractivity contribution is 7.14. The fourth-order valence-corrected chi connectivity index (χ4v) is 3.24. The largest absolute Gasteiger partial charge is 0.348 e. The summed E-state index contributed by atoms with van der Waals surface area (Å²) >= 11 is 1.68. The average Bonchev–Trinajstić information content (AvgIpc) is 2.71. The Balaban J connectivity index is 2.07. The van der Waals surface area contributed by atoms with Gasteiger partial charge in [0, 0.05) is 10.9 Å². The van der Waals surface area contributed by atoms with Gasteiger partial charge in [-0.2, -0.15) is 0 Å². The van der Waals surface area contributed by atoms with E-state index in [0.717, 1.165) is 17.7 Å². The minimum Gasteiger partial charge on any atom is -0.348 e. The molecule has 1 aliphatic carbocycles. The molecule has 0 aliphatic heterocycles. The molecule has 1 amide bonds. The Bertz CT molecular complexity index is 418. The third-order valence-corrected chi connectivity index (χ3v) is 5.10. The highest BCUT2D eigenvalue weighted by Gasteiger charge is 2.24. The van der Waals surface area contributed by atoms with Gasteiger partial charge in [0.15, 0.2) is 0 Å². The second kappa shape index (κ2) is 5.04. The molecule has 1 aliphatic rings. The molecule has 1 N–H and O–H groups in total. The standard InChI is InChI=1S/C15H23NOS/c1-10(15(2,3)4)16-14(17)13-9-11-7-5-6-8-12(11)18-13/h9-10H,5-8H2,1-4H3,(H,16,17)/t10-/m1/s1. The van der Waals surface area contributed by atoms with Crippen molar-refractivity contribution in [1.29, 1.82) is 0 Å². The Morgan fingerprint density at radius 3 is 2.61 bits per heavy atom. The first-order valence-corrected chi connectivity index (χ1v) is 7.62. The number of amides is 1. The van der Waals surface area contributed by atoms with Crippen molar-refractivity contribution in [2.75, 3.05) is 0 Å². The number of aryl methyl sites for hydroxylation is 2. The van der Waals surface area contributed by atoms with Gasteiger partial charge in [0.1, 0.15) is 0 Å². The number of rotatable bonds is 2. The van der Waals surface area contributed by atoms with E-state index < -0.39 is 0 Å². The molecule has 0 saturated carbocycles. The summed E-state index contributed by atoms with van der Waals surface area (Å²) in [5.74, 6) is 0.0943. The third-order valence-electron chi connectivity index (χ3n) is 3.87. The van der Waals surface area contributed by atoms with Crippen LogP contribution in [-0.4, -0.2) is 11.9 Å². The van der Waals surface area contributed by atoms with E-state index in [2.05, 4.69) is 39.1 Å². The molecule has 0 spiro atoms. The van der Waals surface area contributed by atoms with Gasteiger partial charge in [-0.15, -0.1) is 11.3 Å². The van der Waals surface area contributed by atoms with E-state index in [0.29, 0.717) is 0 Å². The molecule has 1 atom stereocenters. The molecular formula is C15H23NOS. The molecule has 3 heteroatoms. The van der Waals surface area contributed by atoms with Crippen LogP contribution in [0.4, 0.5) is 0 Å². The summed E-state index contributed by atoms with van der Waals surface area (Å²) in [6.07, 6.45) is 4.84. The van der Waals surface area contributed by atoms with E-state index in [-0.39, 0.29) is 17.4 Å². The first kappa shape index (κ1) is 13.6. The second-order valence-electron chi connectivity index (χ2n) is 6.33. The summed E-state index contributed by atoms with van der Waals surface area (Å²) in [6.45, 7) is 8.53. The Morgan fingerprint density at radius 1 is 1.33 bits per heavy atom. The predicted molar refractivity (Wildman–Crippen MR) is 77.3 cm³/mol. The van der Waals surface area contributed by atoms with Crippen LogP contribution in [0.15, 0.2) is 6.07 Å². The molecule has 0 fully saturated rings. The zero-order chi connectivity index (χ0) is 13.3. The van der Waals surface area contributed by atoms with Crippen LogP contribution in [0.3, 0.4) is 0 Å². The average molecular weight is 265 g/mol. The van der Waals surface area contributed by atoms with Gasteiger partial charge in [0.05, 0.1) is 4.88 Å². The number of carbonyl (C=O) groups excluding carboxylic acids is 1. The zero-order valence-electron chi connectivity index (χ0n) is 11.8.